The van der Waals surface area contributed by atoms with Crippen LogP contribution in [-0.2, 0) is 18.3 Å². The standard InChI is InChI=1S/C18H24N6O2/c1-22-12-20-9-16(22)18(26)23-6-5-15-13(10-23)2-3-17(25)24(15)7-4-14-8-19-11-21-14/h8-9,11-13,15H,2-7,10H2,1H3,(H,19,21)/t13-,15+/m0/s1. The number of nitrogens with one attached hydrogen (secondary N) is 1. The van der Waals surface area contributed by atoms with Gasteiger partial charge in [-0.25, -0.2) is 9.97 Å². The fourth-order valence-electron chi connectivity index (χ4n) is 4.21. The highest BCUT2D eigenvalue weighted by Gasteiger charge is 2.40. The highest BCUT2D eigenvalue weighted by Crippen LogP contribution is 2.32. The van der Waals surface area contributed by atoms with Gasteiger partial charge in [0.25, 0.3) is 5.91 Å². The number of carbonyl (C=O) groups excluding carboxylic acids is 2. The highest BCUT2D eigenvalue weighted by molar-refractivity contribution is 5.92. The van der Waals surface area contributed by atoms with Gasteiger partial charge in [0.05, 0.1) is 18.9 Å². The lowest BCUT2D eigenvalue weighted by atomic mass is 9.83. The largest absolute Gasteiger partial charge is 0.348 e. The van der Waals surface area contributed by atoms with Crippen molar-refractivity contribution in [1.29, 1.82) is 0 Å². The lowest BCUT2D eigenvalue weighted by Gasteiger charge is -2.47. The van der Waals surface area contributed by atoms with Crippen molar-refractivity contribution in [1.82, 2.24) is 29.3 Å². The predicted octanol–water partition coefficient (Wildman–Crippen LogP) is 0.839. The Balaban J connectivity index is 1.42. The Kier molecular flexibility index (Phi) is 4.48. The van der Waals surface area contributed by atoms with Gasteiger partial charge in [0.1, 0.15) is 5.69 Å². The average molecular weight is 356 g/mol. The summed E-state index contributed by atoms with van der Waals surface area (Å²) in [5.74, 6) is 0.613. The zero-order chi connectivity index (χ0) is 18.1. The average Bonchev–Trinajstić information content (AvgIpc) is 3.31. The molecule has 2 fully saturated rings. The first-order chi connectivity index (χ1) is 12.6. The van der Waals surface area contributed by atoms with Crippen molar-refractivity contribution in [2.45, 2.75) is 31.7 Å². The van der Waals surface area contributed by atoms with Crippen LogP contribution in [0.1, 0.15) is 35.4 Å². The van der Waals surface area contributed by atoms with Crippen LogP contribution in [0.5, 0.6) is 0 Å². The molecule has 2 aliphatic rings. The summed E-state index contributed by atoms with van der Waals surface area (Å²) in [6.07, 6.45) is 9.79. The number of likely N-dealkylation sites (tertiary alicyclic amines) is 2. The molecule has 2 atom stereocenters. The summed E-state index contributed by atoms with van der Waals surface area (Å²) in [7, 11) is 1.84. The number of H-pyrrole nitrogens is 1. The summed E-state index contributed by atoms with van der Waals surface area (Å²) in [4.78, 5) is 40.3. The van der Waals surface area contributed by atoms with Crippen LogP contribution in [0.3, 0.4) is 0 Å². The maximum atomic E-state index is 12.8. The van der Waals surface area contributed by atoms with Crippen molar-refractivity contribution < 1.29 is 9.59 Å². The molecule has 0 spiro atoms. The zero-order valence-corrected chi connectivity index (χ0v) is 15.0. The Bertz CT molecular complexity index is 783. The van der Waals surface area contributed by atoms with Crippen LogP contribution in [0, 0.1) is 5.92 Å². The second kappa shape index (κ2) is 6.93. The van der Waals surface area contributed by atoms with E-state index in [-0.39, 0.29) is 17.9 Å². The number of nitrogens with zero attached hydrogens (tertiary/aromatic N) is 5. The van der Waals surface area contributed by atoms with Gasteiger partial charge in [-0.1, -0.05) is 0 Å². The van der Waals surface area contributed by atoms with E-state index < -0.39 is 0 Å². The van der Waals surface area contributed by atoms with Crippen LogP contribution >= 0.6 is 0 Å². The van der Waals surface area contributed by atoms with Crippen LogP contribution in [0.4, 0.5) is 0 Å². The predicted molar refractivity (Wildman–Crippen MR) is 94.2 cm³/mol. The van der Waals surface area contributed by atoms with E-state index in [0.29, 0.717) is 37.7 Å². The lowest BCUT2D eigenvalue weighted by Crippen LogP contribution is -2.57. The highest BCUT2D eigenvalue weighted by atomic mass is 16.2. The number of fused-ring (bicyclic) bond motifs is 1. The Morgan fingerprint density at radius 1 is 1.31 bits per heavy atom. The van der Waals surface area contributed by atoms with E-state index in [0.717, 1.165) is 25.0 Å². The number of carbonyl (C=O) groups is 2. The molecule has 4 rings (SSSR count). The van der Waals surface area contributed by atoms with Crippen molar-refractivity contribution in [3.05, 3.63) is 36.4 Å². The summed E-state index contributed by atoms with van der Waals surface area (Å²) >= 11 is 0. The van der Waals surface area contributed by atoms with Crippen molar-refractivity contribution >= 4 is 11.8 Å². The van der Waals surface area contributed by atoms with Gasteiger partial charge in [0, 0.05) is 57.5 Å². The topological polar surface area (TPSA) is 87.1 Å². The maximum Gasteiger partial charge on any atom is 0.272 e. The first-order valence-electron chi connectivity index (χ1n) is 9.16. The van der Waals surface area contributed by atoms with Gasteiger partial charge in [-0.2, -0.15) is 0 Å². The zero-order valence-electron chi connectivity index (χ0n) is 15.0. The van der Waals surface area contributed by atoms with Crippen LogP contribution < -0.4 is 0 Å². The number of rotatable bonds is 4. The van der Waals surface area contributed by atoms with E-state index in [9.17, 15) is 9.59 Å². The van der Waals surface area contributed by atoms with E-state index in [4.69, 9.17) is 0 Å². The molecule has 2 amide bonds. The maximum absolute atomic E-state index is 12.8. The second-order valence-electron chi connectivity index (χ2n) is 7.21. The monoisotopic (exact) mass is 356 g/mol. The van der Waals surface area contributed by atoms with Crippen molar-refractivity contribution in [2.24, 2.45) is 13.0 Å². The third-order valence-electron chi connectivity index (χ3n) is 5.64. The van der Waals surface area contributed by atoms with Crippen LogP contribution in [0.25, 0.3) is 0 Å². The molecule has 0 saturated carbocycles. The Labute approximate surface area is 152 Å². The number of aromatic nitrogens is 4. The van der Waals surface area contributed by atoms with E-state index in [1.54, 1.807) is 29.6 Å². The summed E-state index contributed by atoms with van der Waals surface area (Å²) in [5, 5.41) is 0. The minimum atomic E-state index is 0.0318. The number of aromatic amines is 1. The normalized spacial score (nSPS) is 23.2. The molecular formula is C18H24N6O2. The van der Waals surface area contributed by atoms with E-state index in [1.165, 1.54) is 0 Å². The molecule has 4 heterocycles. The minimum Gasteiger partial charge on any atom is -0.348 e. The number of hydrogen-bond acceptors (Lipinski definition) is 4. The number of aryl methyl sites for hydroxylation is 1. The molecule has 2 aromatic rings. The number of piperidine rings is 2. The Morgan fingerprint density at radius 3 is 2.92 bits per heavy atom. The fourth-order valence-corrected chi connectivity index (χ4v) is 4.21. The molecule has 0 aliphatic carbocycles. The summed E-state index contributed by atoms with van der Waals surface area (Å²) in [5.41, 5.74) is 1.66. The summed E-state index contributed by atoms with van der Waals surface area (Å²) < 4.78 is 1.76. The van der Waals surface area contributed by atoms with E-state index in [2.05, 4.69) is 15.0 Å². The third kappa shape index (κ3) is 3.11. The molecule has 0 unspecified atom stereocenters. The molecule has 2 aromatic heterocycles. The molecule has 138 valence electrons. The van der Waals surface area contributed by atoms with Crippen molar-refractivity contribution in [2.75, 3.05) is 19.6 Å². The van der Waals surface area contributed by atoms with Gasteiger partial charge in [0.2, 0.25) is 5.91 Å². The molecule has 26 heavy (non-hydrogen) atoms. The van der Waals surface area contributed by atoms with Crippen molar-refractivity contribution in [3.63, 3.8) is 0 Å². The third-order valence-corrected chi connectivity index (χ3v) is 5.64. The first-order valence-corrected chi connectivity index (χ1v) is 9.16. The smallest absolute Gasteiger partial charge is 0.272 e. The molecule has 8 nitrogen and oxygen atoms in total. The van der Waals surface area contributed by atoms with E-state index in [1.807, 2.05) is 16.8 Å². The van der Waals surface area contributed by atoms with Gasteiger partial charge in [-0.3, -0.25) is 9.59 Å². The molecule has 0 radical (unpaired) electrons. The molecule has 2 aliphatic heterocycles. The SMILES string of the molecule is Cn1cncc1C(=O)N1CC[C@@H]2[C@@H](CCC(=O)N2CCc2cnc[nH]2)C1. The van der Waals surface area contributed by atoms with Gasteiger partial charge in [-0.15, -0.1) is 0 Å². The number of hydrogen-bond donors (Lipinski definition) is 1. The Morgan fingerprint density at radius 2 is 2.19 bits per heavy atom. The van der Waals surface area contributed by atoms with Crippen LogP contribution in [0.15, 0.2) is 25.0 Å². The molecule has 2 saturated heterocycles. The quantitative estimate of drug-likeness (QED) is 0.879. The summed E-state index contributed by atoms with van der Waals surface area (Å²) in [6.45, 7) is 2.10. The Hall–Kier alpha value is -2.64. The number of imidazole rings is 2. The molecule has 8 heteroatoms. The van der Waals surface area contributed by atoms with Gasteiger partial charge >= 0.3 is 0 Å². The molecular weight excluding hydrogens is 332 g/mol. The fraction of sp³-hybridized carbons (Fsp3) is 0.556. The second-order valence-corrected chi connectivity index (χ2v) is 7.21. The number of amides is 2. The van der Waals surface area contributed by atoms with Crippen LogP contribution in [0.2, 0.25) is 0 Å². The first kappa shape index (κ1) is 16.8. The van der Waals surface area contributed by atoms with Crippen molar-refractivity contribution in [3.8, 4) is 0 Å². The molecule has 0 aromatic carbocycles. The van der Waals surface area contributed by atoms with E-state index >= 15 is 0 Å². The van der Waals surface area contributed by atoms with Crippen LogP contribution in [-0.4, -0.2) is 66.8 Å². The lowest BCUT2D eigenvalue weighted by molar-refractivity contribution is -0.140. The molecule has 1 N–H and O–H groups in total. The minimum absolute atomic E-state index is 0.0318. The van der Waals surface area contributed by atoms with Gasteiger partial charge in [-0.05, 0) is 18.8 Å². The summed E-state index contributed by atoms with van der Waals surface area (Å²) in [6, 6.07) is 0.231. The van der Waals surface area contributed by atoms with Gasteiger partial charge < -0.3 is 19.4 Å². The molecule has 0 bridgehead atoms. The van der Waals surface area contributed by atoms with Gasteiger partial charge in [0.15, 0.2) is 0 Å².